The summed E-state index contributed by atoms with van der Waals surface area (Å²) in [5.74, 6) is 0. The highest BCUT2D eigenvalue weighted by molar-refractivity contribution is 5.27. The lowest BCUT2D eigenvalue weighted by Gasteiger charge is -2.22. The van der Waals surface area contributed by atoms with Crippen LogP contribution >= 0.6 is 0 Å². The summed E-state index contributed by atoms with van der Waals surface area (Å²) in [5, 5.41) is 13.9. The molecule has 0 amide bonds. The number of hydrogen-bond acceptors (Lipinski definition) is 3. The first-order chi connectivity index (χ1) is 6.38. The molecule has 3 N–H and O–H groups in total. The molecule has 14 heavy (non-hydrogen) atoms. The lowest BCUT2D eigenvalue weighted by Crippen LogP contribution is -2.22. The molecule has 0 fully saturated rings. The highest BCUT2D eigenvalue weighted by Crippen LogP contribution is 2.28. The molecule has 0 bridgehead atoms. The molecular formula is C10H19N3O. The van der Waals surface area contributed by atoms with Crippen LogP contribution in [0.25, 0.3) is 0 Å². The average Bonchev–Trinajstić information content (AvgIpc) is 2.44. The van der Waals surface area contributed by atoms with Crippen molar-refractivity contribution in [1.82, 2.24) is 9.78 Å². The molecule has 4 heteroatoms. The number of aliphatic hydroxyl groups excluding tert-OH is 1. The molecule has 1 rings (SSSR count). The zero-order chi connectivity index (χ0) is 10.9. The fourth-order valence-corrected chi connectivity index (χ4v) is 1.74. The van der Waals surface area contributed by atoms with Gasteiger partial charge in [-0.1, -0.05) is 20.8 Å². The minimum Gasteiger partial charge on any atom is -0.387 e. The molecule has 0 aromatic carbocycles. The van der Waals surface area contributed by atoms with E-state index in [4.69, 9.17) is 5.73 Å². The van der Waals surface area contributed by atoms with Gasteiger partial charge in [-0.05, 0) is 0 Å². The highest BCUT2D eigenvalue weighted by atomic mass is 16.3. The molecular weight excluding hydrogens is 178 g/mol. The van der Waals surface area contributed by atoms with Crippen molar-refractivity contribution in [3.8, 4) is 0 Å². The van der Waals surface area contributed by atoms with E-state index in [0.717, 1.165) is 11.3 Å². The number of aryl methyl sites for hydroxylation is 1. The average molecular weight is 197 g/mol. The first kappa shape index (κ1) is 11.2. The Morgan fingerprint density at radius 3 is 2.57 bits per heavy atom. The predicted molar refractivity (Wildman–Crippen MR) is 55.9 cm³/mol. The third kappa shape index (κ3) is 1.96. The van der Waals surface area contributed by atoms with Gasteiger partial charge in [-0.25, -0.2) is 0 Å². The number of aromatic nitrogens is 2. The van der Waals surface area contributed by atoms with E-state index in [9.17, 15) is 5.11 Å². The molecule has 1 aromatic heterocycles. The minimum atomic E-state index is -0.613. The van der Waals surface area contributed by atoms with Crippen LogP contribution in [0.1, 0.15) is 38.1 Å². The summed E-state index contributed by atoms with van der Waals surface area (Å²) in [6.07, 6.45) is 1.08. The number of nitrogens with zero attached hydrogens (tertiary/aromatic N) is 2. The molecule has 80 valence electrons. The minimum absolute atomic E-state index is 0.0310. The van der Waals surface area contributed by atoms with Crippen LogP contribution in [0.3, 0.4) is 0 Å². The van der Waals surface area contributed by atoms with E-state index in [1.165, 1.54) is 0 Å². The van der Waals surface area contributed by atoms with Crippen LogP contribution in [-0.4, -0.2) is 21.4 Å². The van der Waals surface area contributed by atoms with Gasteiger partial charge in [0.1, 0.15) is 0 Å². The summed E-state index contributed by atoms with van der Waals surface area (Å²) >= 11 is 0. The predicted octanol–water partition coefficient (Wildman–Crippen LogP) is 0.710. The third-order valence-corrected chi connectivity index (χ3v) is 2.26. The fourth-order valence-electron chi connectivity index (χ4n) is 1.74. The van der Waals surface area contributed by atoms with Crippen LogP contribution in [0.5, 0.6) is 0 Å². The van der Waals surface area contributed by atoms with E-state index in [2.05, 4.69) is 25.9 Å². The SMILES string of the molecule is Cn1ncc(C(O)CN)c1C(C)(C)C. The standard InChI is InChI=1S/C10H19N3O/c1-10(2,3)9-7(8(14)5-11)6-12-13(9)4/h6,8,14H,5,11H2,1-4H3. The Hall–Kier alpha value is -0.870. The summed E-state index contributed by atoms with van der Waals surface area (Å²) in [5.41, 5.74) is 7.28. The Kier molecular flexibility index (Phi) is 2.97. The van der Waals surface area contributed by atoms with E-state index in [1.54, 1.807) is 10.9 Å². The molecule has 0 aliphatic rings. The van der Waals surface area contributed by atoms with Crippen molar-refractivity contribution in [2.75, 3.05) is 6.54 Å². The molecule has 1 heterocycles. The molecule has 0 aliphatic heterocycles. The smallest absolute Gasteiger partial charge is 0.0945 e. The molecule has 1 atom stereocenters. The van der Waals surface area contributed by atoms with Gasteiger partial charge < -0.3 is 10.8 Å². The number of nitrogens with two attached hydrogens (primary N) is 1. The fraction of sp³-hybridized carbons (Fsp3) is 0.700. The molecule has 1 unspecified atom stereocenters. The lowest BCUT2D eigenvalue weighted by atomic mass is 9.88. The van der Waals surface area contributed by atoms with Crippen molar-refractivity contribution in [2.24, 2.45) is 12.8 Å². The Morgan fingerprint density at radius 1 is 1.57 bits per heavy atom. The van der Waals surface area contributed by atoms with Crippen molar-refractivity contribution in [3.05, 3.63) is 17.5 Å². The van der Waals surface area contributed by atoms with E-state index >= 15 is 0 Å². The zero-order valence-electron chi connectivity index (χ0n) is 9.28. The summed E-state index contributed by atoms with van der Waals surface area (Å²) in [7, 11) is 1.88. The second-order valence-electron chi connectivity index (χ2n) is 4.57. The van der Waals surface area contributed by atoms with Crippen molar-refractivity contribution in [3.63, 3.8) is 0 Å². The van der Waals surface area contributed by atoms with Crippen molar-refractivity contribution in [2.45, 2.75) is 32.3 Å². The lowest BCUT2D eigenvalue weighted by molar-refractivity contribution is 0.184. The third-order valence-electron chi connectivity index (χ3n) is 2.26. The van der Waals surface area contributed by atoms with Gasteiger partial charge in [0.05, 0.1) is 12.3 Å². The van der Waals surface area contributed by atoms with E-state index in [1.807, 2.05) is 7.05 Å². The Labute approximate surface area is 84.7 Å². The summed E-state index contributed by atoms with van der Waals surface area (Å²) in [6, 6.07) is 0. The van der Waals surface area contributed by atoms with Crippen molar-refractivity contribution in [1.29, 1.82) is 0 Å². The molecule has 1 aromatic rings. The van der Waals surface area contributed by atoms with Gasteiger partial charge >= 0.3 is 0 Å². The van der Waals surface area contributed by atoms with Crippen LogP contribution < -0.4 is 5.73 Å². The Balaban J connectivity index is 3.19. The molecule has 0 aliphatic carbocycles. The maximum atomic E-state index is 9.71. The van der Waals surface area contributed by atoms with Crippen LogP contribution in [-0.2, 0) is 12.5 Å². The summed E-state index contributed by atoms with van der Waals surface area (Å²) in [4.78, 5) is 0. The zero-order valence-corrected chi connectivity index (χ0v) is 9.28. The molecule has 0 radical (unpaired) electrons. The molecule has 4 nitrogen and oxygen atoms in total. The van der Waals surface area contributed by atoms with Gasteiger partial charge in [0.25, 0.3) is 0 Å². The van der Waals surface area contributed by atoms with Gasteiger partial charge in [-0.3, -0.25) is 4.68 Å². The highest BCUT2D eigenvalue weighted by Gasteiger charge is 2.25. The first-order valence-electron chi connectivity index (χ1n) is 4.78. The van der Waals surface area contributed by atoms with Gasteiger partial charge in [0, 0.05) is 30.3 Å². The maximum absolute atomic E-state index is 9.71. The number of aliphatic hydroxyl groups is 1. The summed E-state index contributed by atoms with van der Waals surface area (Å²) in [6.45, 7) is 6.51. The Morgan fingerprint density at radius 2 is 2.14 bits per heavy atom. The quantitative estimate of drug-likeness (QED) is 0.734. The largest absolute Gasteiger partial charge is 0.387 e. The van der Waals surface area contributed by atoms with Gasteiger partial charge in [0.2, 0.25) is 0 Å². The second kappa shape index (κ2) is 3.71. The molecule has 0 saturated heterocycles. The van der Waals surface area contributed by atoms with Crippen LogP contribution in [0.2, 0.25) is 0 Å². The van der Waals surface area contributed by atoms with E-state index in [0.29, 0.717) is 0 Å². The Bertz CT molecular complexity index is 312. The maximum Gasteiger partial charge on any atom is 0.0945 e. The van der Waals surface area contributed by atoms with Crippen molar-refractivity contribution < 1.29 is 5.11 Å². The number of hydrogen-bond donors (Lipinski definition) is 2. The molecule has 0 saturated carbocycles. The van der Waals surface area contributed by atoms with Crippen LogP contribution in [0.15, 0.2) is 6.20 Å². The summed E-state index contributed by atoms with van der Waals surface area (Å²) < 4.78 is 1.80. The molecule has 0 spiro atoms. The van der Waals surface area contributed by atoms with Gasteiger partial charge in [0.15, 0.2) is 0 Å². The first-order valence-corrected chi connectivity index (χ1v) is 4.78. The van der Waals surface area contributed by atoms with Gasteiger partial charge in [-0.2, -0.15) is 5.10 Å². The second-order valence-corrected chi connectivity index (χ2v) is 4.57. The van der Waals surface area contributed by atoms with Gasteiger partial charge in [-0.15, -0.1) is 0 Å². The van der Waals surface area contributed by atoms with E-state index < -0.39 is 6.10 Å². The van der Waals surface area contributed by atoms with Crippen molar-refractivity contribution >= 4 is 0 Å². The monoisotopic (exact) mass is 197 g/mol. The van der Waals surface area contributed by atoms with Crippen LogP contribution in [0, 0.1) is 0 Å². The number of rotatable bonds is 2. The topological polar surface area (TPSA) is 64.1 Å². The van der Waals surface area contributed by atoms with E-state index in [-0.39, 0.29) is 12.0 Å². The normalized spacial score (nSPS) is 14.4. The van der Waals surface area contributed by atoms with Crippen LogP contribution in [0.4, 0.5) is 0 Å².